The molecule has 158 valence electrons. The maximum Gasteiger partial charge on any atom is 0.0220 e. The minimum Gasteiger partial charge on any atom is -0.0654 e. The lowest BCUT2D eigenvalue weighted by atomic mass is 9.65. The third-order valence-electron chi connectivity index (χ3n) is 7.54. The maximum absolute atomic E-state index is 2.45. The standard InChI is InChI=1S/C29H42/c1-5-9-15-23(7-3)21-29(22-24(8-4)16-10-6-2)27-19-13-11-17-25(27)26-18-12-14-20-28(26)29/h11-14,17-20,23-24H,5-10,15-16,21-22H2,1-4H3/t23-,24-/m1/s1. The molecular formula is C29H42. The van der Waals surface area contributed by atoms with E-state index in [0.29, 0.717) is 0 Å². The third-order valence-corrected chi connectivity index (χ3v) is 7.54. The van der Waals surface area contributed by atoms with E-state index in [1.54, 1.807) is 11.1 Å². The summed E-state index contributed by atoms with van der Waals surface area (Å²) in [7, 11) is 0. The van der Waals surface area contributed by atoms with Gasteiger partial charge in [-0.1, -0.05) is 128 Å². The smallest absolute Gasteiger partial charge is 0.0220 e. The van der Waals surface area contributed by atoms with Crippen molar-refractivity contribution in [2.75, 3.05) is 0 Å². The molecule has 0 radical (unpaired) electrons. The van der Waals surface area contributed by atoms with Crippen LogP contribution in [-0.2, 0) is 5.41 Å². The molecule has 2 aromatic carbocycles. The number of hydrogen-bond donors (Lipinski definition) is 0. The molecule has 3 rings (SSSR count). The first-order valence-electron chi connectivity index (χ1n) is 12.4. The largest absolute Gasteiger partial charge is 0.0654 e. The van der Waals surface area contributed by atoms with E-state index >= 15 is 0 Å². The lowest BCUT2D eigenvalue weighted by molar-refractivity contribution is 0.266. The van der Waals surface area contributed by atoms with E-state index in [2.05, 4.69) is 76.2 Å². The zero-order chi connectivity index (χ0) is 20.7. The number of rotatable bonds is 12. The van der Waals surface area contributed by atoms with Gasteiger partial charge in [0, 0.05) is 5.41 Å². The molecule has 1 aliphatic rings. The first-order valence-corrected chi connectivity index (χ1v) is 12.4. The predicted octanol–water partition coefficient (Wildman–Crippen LogP) is 9.17. The zero-order valence-corrected chi connectivity index (χ0v) is 19.3. The van der Waals surface area contributed by atoms with Crippen LogP contribution >= 0.6 is 0 Å². The van der Waals surface area contributed by atoms with Crippen LogP contribution in [0.2, 0.25) is 0 Å². The van der Waals surface area contributed by atoms with Gasteiger partial charge < -0.3 is 0 Å². The van der Waals surface area contributed by atoms with Crippen molar-refractivity contribution in [2.24, 2.45) is 11.8 Å². The van der Waals surface area contributed by atoms with Crippen LogP contribution in [0.4, 0.5) is 0 Å². The van der Waals surface area contributed by atoms with Gasteiger partial charge in [0.05, 0.1) is 0 Å². The van der Waals surface area contributed by atoms with Crippen LogP contribution in [0.5, 0.6) is 0 Å². The Kier molecular flexibility index (Phi) is 7.99. The van der Waals surface area contributed by atoms with E-state index in [-0.39, 0.29) is 5.41 Å². The summed E-state index contributed by atoms with van der Waals surface area (Å²) in [5, 5.41) is 0. The Labute approximate surface area is 180 Å². The molecule has 0 aromatic heterocycles. The minimum absolute atomic E-state index is 0.204. The molecule has 2 atom stereocenters. The topological polar surface area (TPSA) is 0 Å². The van der Waals surface area contributed by atoms with Gasteiger partial charge in [0.25, 0.3) is 0 Å². The van der Waals surface area contributed by atoms with Gasteiger partial charge >= 0.3 is 0 Å². The quantitative estimate of drug-likeness (QED) is 0.339. The van der Waals surface area contributed by atoms with E-state index in [1.165, 1.54) is 75.3 Å². The molecule has 0 spiro atoms. The fourth-order valence-electron chi connectivity index (χ4n) is 5.81. The summed E-state index contributed by atoms with van der Waals surface area (Å²) in [4.78, 5) is 0. The van der Waals surface area contributed by atoms with E-state index in [4.69, 9.17) is 0 Å². The van der Waals surface area contributed by atoms with Gasteiger partial charge in [0.2, 0.25) is 0 Å². The first kappa shape index (κ1) is 22.1. The van der Waals surface area contributed by atoms with Gasteiger partial charge in [-0.05, 0) is 46.9 Å². The van der Waals surface area contributed by atoms with Crippen LogP contribution in [0, 0.1) is 11.8 Å². The highest BCUT2D eigenvalue weighted by molar-refractivity contribution is 5.81. The molecule has 0 fully saturated rings. The van der Waals surface area contributed by atoms with Gasteiger partial charge in [-0.25, -0.2) is 0 Å². The fourth-order valence-corrected chi connectivity index (χ4v) is 5.81. The van der Waals surface area contributed by atoms with Crippen molar-refractivity contribution in [3.8, 4) is 11.1 Å². The van der Waals surface area contributed by atoms with Crippen molar-refractivity contribution in [2.45, 2.75) is 97.3 Å². The Bertz CT molecular complexity index is 691. The lowest BCUT2D eigenvalue weighted by Crippen LogP contribution is -2.31. The van der Waals surface area contributed by atoms with Crippen molar-refractivity contribution in [1.29, 1.82) is 0 Å². The Morgan fingerprint density at radius 3 is 1.41 bits per heavy atom. The van der Waals surface area contributed by atoms with Crippen LogP contribution < -0.4 is 0 Å². The summed E-state index contributed by atoms with van der Waals surface area (Å²) >= 11 is 0. The first-order chi connectivity index (χ1) is 14.2. The molecule has 0 N–H and O–H groups in total. The molecule has 0 amide bonds. The number of hydrogen-bond acceptors (Lipinski definition) is 0. The van der Waals surface area contributed by atoms with Crippen LogP contribution in [-0.4, -0.2) is 0 Å². The van der Waals surface area contributed by atoms with Gasteiger partial charge in [0.15, 0.2) is 0 Å². The van der Waals surface area contributed by atoms with Gasteiger partial charge in [0.1, 0.15) is 0 Å². The highest BCUT2D eigenvalue weighted by Crippen LogP contribution is 2.56. The number of fused-ring (bicyclic) bond motifs is 3. The fraction of sp³-hybridized carbons (Fsp3) is 0.586. The number of benzene rings is 2. The molecule has 2 aromatic rings. The molecule has 1 aliphatic carbocycles. The Morgan fingerprint density at radius 1 is 0.621 bits per heavy atom. The van der Waals surface area contributed by atoms with Crippen molar-refractivity contribution < 1.29 is 0 Å². The van der Waals surface area contributed by atoms with Crippen molar-refractivity contribution >= 4 is 0 Å². The molecule has 0 aliphatic heterocycles. The van der Waals surface area contributed by atoms with Crippen LogP contribution in [0.1, 0.15) is 103 Å². The molecule has 0 unspecified atom stereocenters. The Hall–Kier alpha value is -1.56. The lowest BCUT2D eigenvalue weighted by Gasteiger charge is -2.38. The summed E-state index contributed by atoms with van der Waals surface area (Å²) in [5.74, 6) is 1.63. The normalized spacial score (nSPS) is 16.3. The van der Waals surface area contributed by atoms with Crippen molar-refractivity contribution in [1.82, 2.24) is 0 Å². The second-order valence-electron chi connectivity index (χ2n) is 9.41. The van der Waals surface area contributed by atoms with Crippen LogP contribution in [0.15, 0.2) is 48.5 Å². The van der Waals surface area contributed by atoms with E-state index < -0.39 is 0 Å². The molecule has 0 heterocycles. The monoisotopic (exact) mass is 390 g/mol. The minimum atomic E-state index is 0.204. The molecular weight excluding hydrogens is 348 g/mol. The zero-order valence-electron chi connectivity index (χ0n) is 19.3. The van der Waals surface area contributed by atoms with Crippen molar-refractivity contribution in [3.05, 3.63) is 59.7 Å². The van der Waals surface area contributed by atoms with E-state index in [9.17, 15) is 0 Å². The van der Waals surface area contributed by atoms with Crippen LogP contribution in [0.3, 0.4) is 0 Å². The Morgan fingerprint density at radius 2 is 1.03 bits per heavy atom. The molecule has 0 saturated heterocycles. The average molecular weight is 391 g/mol. The Balaban J connectivity index is 2.07. The van der Waals surface area contributed by atoms with Gasteiger partial charge in [-0.2, -0.15) is 0 Å². The van der Waals surface area contributed by atoms with Crippen molar-refractivity contribution in [3.63, 3.8) is 0 Å². The van der Waals surface area contributed by atoms with Gasteiger partial charge in [-0.15, -0.1) is 0 Å². The van der Waals surface area contributed by atoms with E-state index in [0.717, 1.165) is 11.8 Å². The second kappa shape index (κ2) is 10.5. The van der Waals surface area contributed by atoms with Gasteiger partial charge in [-0.3, -0.25) is 0 Å². The van der Waals surface area contributed by atoms with Crippen LogP contribution in [0.25, 0.3) is 11.1 Å². The molecule has 0 heteroatoms. The van der Waals surface area contributed by atoms with E-state index in [1.807, 2.05) is 0 Å². The summed E-state index contributed by atoms with van der Waals surface area (Å²) < 4.78 is 0. The summed E-state index contributed by atoms with van der Waals surface area (Å²) in [6.07, 6.45) is 13.4. The SMILES string of the molecule is CCCC[C@@H](CC)CC1(C[C@H](CC)CCCC)c2ccccc2-c2ccccc21. The molecule has 0 saturated carbocycles. The highest BCUT2D eigenvalue weighted by Gasteiger charge is 2.44. The number of unbranched alkanes of at least 4 members (excludes halogenated alkanes) is 2. The summed E-state index contributed by atoms with van der Waals surface area (Å²) in [5.41, 5.74) is 6.44. The highest BCUT2D eigenvalue weighted by atomic mass is 14.5. The average Bonchev–Trinajstić information content (AvgIpc) is 3.04. The molecule has 29 heavy (non-hydrogen) atoms. The summed E-state index contributed by atoms with van der Waals surface area (Å²) in [6, 6.07) is 18.7. The molecule has 0 bridgehead atoms. The maximum atomic E-state index is 2.45. The molecule has 0 nitrogen and oxygen atoms in total. The predicted molar refractivity (Wildman–Crippen MR) is 129 cm³/mol. The second-order valence-corrected chi connectivity index (χ2v) is 9.41. The third kappa shape index (κ3) is 4.62. The summed E-state index contributed by atoms with van der Waals surface area (Å²) in [6.45, 7) is 9.49.